The third-order valence-electron chi connectivity index (χ3n) is 2.39. The van der Waals surface area contributed by atoms with E-state index < -0.39 is 0 Å². The molecule has 0 aromatic carbocycles. The van der Waals surface area contributed by atoms with Gasteiger partial charge in [-0.3, -0.25) is 0 Å². The molecule has 1 aromatic rings. The number of aromatic nitrogens is 2. The molecule has 0 spiro atoms. The van der Waals surface area contributed by atoms with Crippen LogP contribution in [0.1, 0.15) is 25.7 Å². The molecular formula is C10H14ClN3. The van der Waals surface area contributed by atoms with Gasteiger partial charge in [0.25, 0.3) is 0 Å². The van der Waals surface area contributed by atoms with Gasteiger partial charge in [0.05, 0.1) is 17.4 Å². The van der Waals surface area contributed by atoms with Gasteiger partial charge in [-0.15, -0.1) is 0 Å². The van der Waals surface area contributed by atoms with Crippen LogP contribution in [0.2, 0.25) is 5.02 Å². The highest BCUT2D eigenvalue weighted by Crippen LogP contribution is 2.33. The average Bonchev–Trinajstić information content (AvgIpc) is 2.99. The highest BCUT2D eigenvalue weighted by Gasteiger charge is 2.19. The van der Waals surface area contributed by atoms with Crippen molar-refractivity contribution in [1.82, 2.24) is 9.97 Å². The Morgan fingerprint density at radius 3 is 2.71 bits per heavy atom. The minimum Gasteiger partial charge on any atom is -0.354 e. The zero-order chi connectivity index (χ0) is 9.80. The normalized spacial score (nSPS) is 15.5. The number of rotatable bonds is 5. The monoisotopic (exact) mass is 211 g/mol. The first kappa shape index (κ1) is 9.71. The van der Waals surface area contributed by atoms with Crippen LogP contribution in [0.3, 0.4) is 0 Å². The highest BCUT2D eigenvalue weighted by atomic mass is 35.5. The first-order valence-corrected chi connectivity index (χ1v) is 5.44. The predicted octanol–water partition coefficient (Wildman–Crippen LogP) is 2.73. The second kappa shape index (κ2) is 4.60. The molecule has 0 radical (unpaired) electrons. The van der Waals surface area contributed by atoms with E-state index in [2.05, 4.69) is 15.3 Å². The molecule has 1 heterocycles. The van der Waals surface area contributed by atoms with Crippen LogP contribution >= 0.6 is 11.6 Å². The lowest BCUT2D eigenvalue weighted by molar-refractivity contribution is 0.685. The van der Waals surface area contributed by atoms with Crippen LogP contribution in [0.4, 0.5) is 5.95 Å². The second-order valence-corrected chi connectivity index (χ2v) is 4.17. The van der Waals surface area contributed by atoms with Crippen molar-refractivity contribution in [1.29, 1.82) is 0 Å². The van der Waals surface area contributed by atoms with Crippen LogP contribution < -0.4 is 5.32 Å². The maximum Gasteiger partial charge on any atom is 0.222 e. The van der Waals surface area contributed by atoms with Crippen LogP contribution in [0.5, 0.6) is 0 Å². The third kappa shape index (κ3) is 3.14. The molecule has 0 bridgehead atoms. The lowest BCUT2D eigenvalue weighted by Crippen LogP contribution is -2.04. The first-order valence-electron chi connectivity index (χ1n) is 5.06. The Morgan fingerprint density at radius 1 is 1.36 bits per heavy atom. The molecule has 1 N–H and O–H groups in total. The summed E-state index contributed by atoms with van der Waals surface area (Å²) in [6, 6.07) is 0. The van der Waals surface area contributed by atoms with Crippen LogP contribution in [0, 0.1) is 5.92 Å². The molecule has 0 saturated heterocycles. The number of hydrogen-bond donors (Lipinski definition) is 1. The number of hydrogen-bond acceptors (Lipinski definition) is 3. The number of nitrogens with zero attached hydrogens (tertiary/aromatic N) is 2. The average molecular weight is 212 g/mol. The van der Waals surface area contributed by atoms with Crippen molar-refractivity contribution in [3.05, 3.63) is 17.4 Å². The fraction of sp³-hybridized carbons (Fsp3) is 0.600. The predicted molar refractivity (Wildman–Crippen MR) is 57.5 cm³/mol. The maximum absolute atomic E-state index is 5.67. The van der Waals surface area contributed by atoms with Crippen LogP contribution in [0.15, 0.2) is 12.4 Å². The summed E-state index contributed by atoms with van der Waals surface area (Å²) >= 11 is 5.67. The summed E-state index contributed by atoms with van der Waals surface area (Å²) in [5.74, 6) is 1.67. The largest absolute Gasteiger partial charge is 0.354 e. The summed E-state index contributed by atoms with van der Waals surface area (Å²) in [5.41, 5.74) is 0. The topological polar surface area (TPSA) is 37.8 Å². The van der Waals surface area contributed by atoms with Crippen molar-refractivity contribution in [3.8, 4) is 0 Å². The second-order valence-electron chi connectivity index (χ2n) is 3.74. The Morgan fingerprint density at radius 2 is 2.07 bits per heavy atom. The van der Waals surface area contributed by atoms with Gasteiger partial charge < -0.3 is 5.32 Å². The third-order valence-corrected chi connectivity index (χ3v) is 2.58. The van der Waals surface area contributed by atoms with Gasteiger partial charge in [-0.25, -0.2) is 9.97 Å². The fourth-order valence-corrected chi connectivity index (χ4v) is 1.50. The molecule has 0 unspecified atom stereocenters. The molecule has 1 aromatic heterocycles. The van der Waals surface area contributed by atoms with E-state index in [9.17, 15) is 0 Å². The van der Waals surface area contributed by atoms with Crippen molar-refractivity contribution < 1.29 is 0 Å². The summed E-state index contributed by atoms with van der Waals surface area (Å²) < 4.78 is 0. The molecule has 0 amide bonds. The van der Waals surface area contributed by atoms with Crippen molar-refractivity contribution in [2.75, 3.05) is 11.9 Å². The van der Waals surface area contributed by atoms with E-state index in [1.807, 2.05) is 0 Å². The lowest BCUT2D eigenvalue weighted by atomic mass is 10.2. The van der Waals surface area contributed by atoms with Crippen LogP contribution in [-0.4, -0.2) is 16.5 Å². The molecular weight excluding hydrogens is 198 g/mol. The SMILES string of the molecule is Clc1cnc(NCCCC2CC2)nc1. The standard InChI is InChI=1S/C10H14ClN3/c11-9-6-13-10(14-7-9)12-5-1-2-8-3-4-8/h6-8H,1-5H2,(H,12,13,14). The Kier molecular flexibility index (Phi) is 3.19. The number of nitrogens with one attached hydrogen (secondary N) is 1. The Hall–Kier alpha value is -0.830. The number of anilines is 1. The van der Waals surface area contributed by atoms with E-state index >= 15 is 0 Å². The minimum atomic E-state index is 0.577. The molecule has 14 heavy (non-hydrogen) atoms. The van der Waals surface area contributed by atoms with E-state index in [-0.39, 0.29) is 0 Å². The summed E-state index contributed by atoms with van der Waals surface area (Å²) in [5, 5.41) is 3.75. The molecule has 1 aliphatic carbocycles. The van der Waals surface area contributed by atoms with Gasteiger partial charge in [0, 0.05) is 6.54 Å². The Bertz CT molecular complexity index is 282. The summed E-state index contributed by atoms with van der Waals surface area (Å²) in [4.78, 5) is 8.11. The molecule has 2 rings (SSSR count). The van der Waals surface area contributed by atoms with E-state index in [4.69, 9.17) is 11.6 Å². The molecule has 4 heteroatoms. The van der Waals surface area contributed by atoms with E-state index in [1.54, 1.807) is 12.4 Å². The summed E-state index contributed by atoms with van der Waals surface area (Å²) in [6.45, 7) is 0.956. The molecule has 1 aliphatic rings. The van der Waals surface area contributed by atoms with Crippen LogP contribution in [-0.2, 0) is 0 Å². The molecule has 0 aliphatic heterocycles. The highest BCUT2D eigenvalue weighted by molar-refractivity contribution is 6.30. The van der Waals surface area contributed by atoms with Gasteiger partial charge >= 0.3 is 0 Å². The Labute approximate surface area is 88.9 Å². The smallest absolute Gasteiger partial charge is 0.222 e. The number of halogens is 1. The maximum atomic E-state index is 5.67. The van der Waals surface area contributed by atoms with Gasteiger partial charge in [0.2, 0.25) is 5.95 Å². The molecule has 1 fully saturated rings. The van der Waals surface area contributed by atoms with Gasteiger partial charge in [-0.2, -0.15) is 0 Å². The molecule has 1 saturated carbocycles. The summed E-state index contributed by atoms with van der Waals surface area (Å²) in [7, 11) is 0. The zero-order valence-electron chi connectivity index (χ0n) is 8.04. The first-order chi connectivity index (χ1) is 6.84. The quantitative estimate of drug-likeness (QED) is 0.762. The van der Waals surface area contributed by atoms with Crippen molar-refractivity contribution in [2.24, 2.45) is 5.92 Å². The molecule has 3 nitrogen and oxygen atoms in total. The van der Waals surface area contributed by atoms with Crippen molar-refractivity contribution in [3.63, 3.8) is 0 Å². The zero-order valence-corrected chi connectivity index (χ0v) is 8.80. The lowest BCUT2D eigenvalue weighted by Gasteiger charge is -2.03. The van der Waals surface area contributed by atoms with E-state index in [1.165, 1.54) is 25.7 Å². The molecule has 0 atom stereocenters. The van der Waals surface area contributed by atoms with Gasteiger partial charge in [-0.1, -0.05) is 24.4 Å². The van der Waals surface area contributed by atoms with Crippen LogP contribution in [0.25, 0.3) is 0 Å². The van der Waals surface area contributed by atoms with Gasteiger partial charge in [0.15, 0.2) is 0 Å². The molecule has 76 valence electrons. The van der Waals surface area contributed by atoms with E-state index in [0.29, 0.717) is 11.0 Å². The van der Waals surface area contributed by atoms with Crippen molar-refractivity contribution >= 4 is 17.5 Å². The Balaban J connectivity index is 1.66. The fourth-order valence-electron chi connectivity index (χ4n) is 1.40. The van der Waals surface area contributed by atoms with Gasteiger partial charge in [-0.05, 0) is 18.8 Å². The minimum absolute atomic E-state index is 0.577. The summed E-state index contributed by atoms with van der Waals surface area (Å²) in [6.07, 6.45) is 8.61. The van der Waals surface area contributed by atoms with Crippen molar-refractivity contribution in [2.45, 2.75) is 25.7 Å². The van der Waals surface area contributed by atoms with Gasteiger partial charge in [0.1, 0.15) is 0 Å². The van der Waals surface area contributed by atoms with E-state index in [0.717, 1.165) is 12.5 Å².